The predicted octanol–water partition coefficient (Wildman–Crippen LogP) is 1.98. The molecule has 2 fully saturated rings. The maximum atomic E-state index is 6.02. The van der Waals surface area contributed by atoms with Gasteiger partial charge in [-0.15, -0.1) is 0 Å². The van der Waals surface area contributed by atoms with Gasteiger partial charge in [0.15, 0.2) is 0 Å². The van der Waals surface area contributed by atoms with Crippen LogP contribution in [0.3, 0.4) is 0 Å². The molecule has 4 unspecified atom stereocenters. The van der Waals surface area contributed by atoms with Crippen LogP contribution in [-0.4, -0.2) is 51.7 Å². The molecule has 19 heavy (non-hydrogen) atoms. The van der Waals surface area contributed by atoms with Crippen molar-refractivity contribution in [1.29, 1.82) is 0 Å². The number of methoxy groups -OCH3 is 1. The zero-order chi connectivity index (χ0) is 13.7. The van der Waals surface area contributed by atoms with E-state index in [9.17, 15) is 0 Å². The third-order valence-electron chi connectivity index (χ3n) is 4.82. The summed E-state index contributed by atoms with van der Waals surface area (Å²) in [6.07, 6.45) is 6.00. The van der Waals surface area contributed by atoms with Gasteiger partial charge in [-0.1, -0.05) is 0 Å². The maximum absolute atomic E-state index is 6.02. The lowest BCUT2D eigenvalue weighted by Gasteiger charge is -2.40. The molecule has 0 radical (unpaired) electrons. The first-order valence-corrected chi connectivity index (χ1v) is 7.61. The van der Waals surface area contributed by atoms with Crippen molar-refractivity contribution in [2.75, 3.05) is 34.0 Å². The largest absolute Gasteiger partial charge is 0.382 e. The molecule has 0 aliphatic carbocycles. The van der Waals surface area contributed by atoms with Crippen LogP contribution < -0.4 is 5.32 Å². The number of hydrogen-bond donors (Lipinski definition) is 1. The molecule has 4 atom stereocenters. The van der Waals surface area contributed by atoms with Crippen LogP contribution in [0, 0.1) is 5.92 Å². The lowest BCUT2D eigenvalue weighted by Crippen LogP contribution is -2.46. The molecule has 2 saturated heterocycles. The highest BCUT2D eigenvalue weighted by molar-refractivity contribution is 4.93. The zero-order valence-corrected chi connectivity index (χ0v) is 12.6. The minimum Gasteiger partial charge on any atom is -0.382 e. The van der Waals surface area contributed by atoms with Crippen LogP contribution in [0.15, 0.2) is 0 Å². The summed E-state index contributed by atoms with van der Waals surface area (Å²) in [4.78, 5) is 0. The number of hydrogen-bond acceptors (Lipinski definition) is 4. The third-order valence-corrected chi connectivity index (χ3v) is 4.82. The van der Waals surface area contributed by atoms with Crippen molar-refractivity contribution in [1.82, 2.24) is 5.32 Å². The SMILES string of the molecule is CNC(CCC(C)OC)C1CCOC2(CCOC2)C1. The van der Waals surface area contributed by atoms with Gasteiger partial charge in [0.05, 0.1) is 18.3 Å². The van der Waals surface area contributed by atoms with Crippen molar-refractivity contribution in [3.8, 4) is 0 Å². The first-order chi connectivity index (χ1) is 9.19. The fraction of sp³-hybridized carbons (Fsp3) is 1.00. The molecule has 1 N–H and O–H groups in total. The van der Waals surface area contributed by atoms with Gasteiger partial charge in [-0.05, 0) is 45.6 Å². The summed E-state index contributed by atoms with van der Waals surface area (Å²) in [6, 6.07) is 0.568. The fourth-order valence-electron chi connectivity index (χ4n) is 3.42. The molecule has 4 nitrogen and oxygen atoms in total. The number of ether oxygens (including phenoxy) is 3. The Bertz CT molecular complexity index is 266. The highest BCUT2D eigenvalue weighted by atomic mass is 16.6. The highest BCUT2D eigenvalue weighted by Crippen LogP contribution is 2.37. The second kappa shape index (κ2) is 7.02. The van der Waals surface area contributed by atoms with E-state index in [1.54, 1.807) is 7.11 Å². The lowest BCUT2D eigenvalue weighted by atomic mass is 9.79. The summed E-state index contributed by atoms with van der Waals surface area (Å²) in [6.45, 7) is 4.67. The average Bonchev–Trinajstić information content (AvgIpc) is 2.87. The summed E-state index contributed by atoms with van der Waals surface area (Å²) >= 11 is 0. The third kappa shape index (κ3) is 3.91. The van der Waals surface area contributed by atoms with Crippen LogP contribution in [0.5, 0.6) is 0 Å². The van der Waals surface area contributed by atoms with Crippen molar-refractivity contribution in [2.45, 2.75) is 56.8 Å². The molecule has 2 rings (SSSR count). The van der Waals surface area contributed by atoms with E-state index in [-0.39, 0.29) is 5.60 Å². The Morgan fingerprint density at radius 3 is 2.84 bits per heavy atom. The summed E-state index contributed by atoms with van der Waals surface area (Å²) < 4.78 is 16.9. The molecule has 0 aromatic carbocycles. The Hall–Kier alpha value is -0.160. The van der Waals surface area contributed by atoms with Gasteiger partial charge in [-0.25, -0.2) is 0 Å². The van der Waals surface area contributed by atoms with E-state index in [4.69, 9.17) is 14.2 Å². The van der Waals surface area contributed by atoms with Crippen molar-refractivity contribution < 1.29 is 14.2 Å². The summed E-state index contributed by atoms with van der Waals surface area (Å²) in [5, 5.41) is 3.51. The van der Waals surface area contributed by atoms with Gasteiger partial charge in [0.1, 0.15) is 0 Å². The zero-order valence-electron chi connectivity index (χ0n) is 12.6. The van der Waals surface area contributed by atoms with E-state index in [1.165, 1.54) is 6.42 Å². The molecule has 2 heterocycles. The minimum atomic E-state index is 0.0187. The van der Waals surface area contributed by atoms with Gasteiger partial charge in [0, 0.05) is 32.8 Å². The molecular weight excluding hydrogens is 242 g/mol. The van der Waals surface area contributed by atoms with Gasteiger partial charge in [0.2, 0.25) is 0 Å². The second-order valence-electron chi connectivity index (χ2n) is 6.11. The quantitative estimate of drug-likeness (QED) is 0.802. The molecule has 0 amide bonds. The molecule has 2 aliphatic heterocycles. The standard InChI is InChI=1S/C15H29NO3/c1-12(17-3)4-5-14(16-2)13-6-8-19-15(10-13)7-9-18-11-15/h12-14,16H,4-11H2,1-3H3. The highest BCUT2D eigenvalue weighted by Gasteiger charge is 2.42. The minimum absolute atomic E-state index is 0.0187. The first-order valence-electron chi connectivity index (χ1n) is 7.61. The predicted molar refractivity (Wildman–Crippen MR) is 75.4 cm³/mol. The van der Waals surface area contributed by atoms with Crippen LogP contribution in [0.2, 0.25) is 0 Å². The molecule has 112 valence electrons. The van der Waals surface area contributed by atoms with Gasteiger partial charge in [-0.2, -0.15) is 0 Å². The smallest absolute Gasteiger partial charge is 0.0939 e. The van der Waals surface area contributed by atoms with Gasteiger partial charge < -0.3 is 19.5 Å². The molecule has 0 aromatic heterocycles. The Morgan fingerprint density at radius 1 is 1.37 bits per heavy atom. The number of nitrogens with one attached hydrogen (secondary N) is 1. The van der Waals surface area contributed by atoms with Crippen LogP contribution in [0.4, 0.5) is 0 Å². The molecule has 2 aliphatic rings. The normalized spacial score (nSPS) is 34.6. The van der Waals surface area contributed by atoms with E-state index in [2.05, 4.69) is 19.3 Å². The van der Waals surface area contributed by atoms with Crippen LogP contribution in [-0.2, 0) is 14.2 Å². The Balaban J connectivity index is 1.87. The van der Waals surface area contributed by atoms with Crippen molar-refractivity contribution >= 4 is 0 Å². The molecule has 0 saturated carbocycles. The first kappa shape index (κ1) is 15.2. The monoisotopic (exact) mass is 271 g/mol. The van der Waals surface area contributed by atoms with E-state index in [0.29, 0.717) is 18.1 Å². The van der Waals surface area contributed by atoms with E-state index < -0.39 is 0 Å². The van der Waals surface area contributed by atoms with E-state index >= 15 is 0 Å². The van der Waals surface area contributed by atoms with E-state index in [0.717, 1.165) is 45.5 Å². The molecular formula is C15H29NO3. The molecule has 0 aromatic rings. The number of rotatable bonds is 6. The van der Waals surface area contributed by atoms with Crippen molar-refractivity contribution in [3.63, 3.8) is 0 Å². The Morgan fingerprint density at radius 2 is 2.21 bits per heavy atom. The van der Waals surface area contributed by atoms with Gasteiger partial charge >= 0.3 is 0 Å². The summed E-state index contributed by atoms with van der Waals surface area (Å²) in [5.41, 5.74) is 0.0187. The van der Waals surface area contributed by atoms with Crippen LogP contribution >= 0.6 is 0 Å². The topological polar surface area (TPSA) is 39.7 Å². The second-order valence-corrected chi connectivity index (χ2v) is 6.11. The maximum Gasteiger partial charge on any atom is 0.0939 e. The van der Waals surface area contributed by atoms with Crippen molar-refractivity contribution in [2.24, 2.45) is 5.92 Å². The molecule has 0 bridgehead atoms. The summed E-state index contributed by atoms with van der Waals surface area (Å²) in [7, 11) is 3.87. The van der Waals surface area contributed by atoms with Gasteiger partial charge in [-0.3, -0.25) is 0 Å². The van der Waals surface area contributed by atoms with Gasteiger partial charge in [0.25, 0.3) is 0 Å². The fourth-order valence-corrected chi connectivity index (χ4v) is 3.42. The van der Waals surface area contributed by atoms with E-state index in [1.807, 2.05) is 0 Å². The average molecular weight is 271 g/mol. The van der Waals surface area contributed by atoms with Crippen LogP contribution in [0.25, 0.3) is 0 Å². The Labute approximate surface area is 117 Å². The summed E-state index contributed by atoms with van der Waals surface area (Å²) in [5.74, 6) is 0.699. The van der Waals surface area contributed by atoms with Crippen LogP contribution in [0.1, 0.15) is 39.0 Å². The molecule has 4 heteroatoms. The van der Waals surface area contributed by atoms with Crippen molar-refractivity contribution in [3.05, 3.63) is 0 Å². The molecule has 1 spiro atoms. The Kier molecular flexibility index (Phi) is 5.63. The lowest BCUT2D eigenvalue weighted by molar-refractivity contribution is -0.103.